The van der Waals surface area contributed by atoms with Gasteiger partial charge in [0.15, 0.2) is 11.5 Å². The Kier molecular flexibility index (Phi) is 6.60. The van der Waals surface area contributed by atoms with Gasteiger partial charge in [-0.25, -0.2) is 19.2 Å². The number of aryl methyl sites for hydroxylation is 1. The molecule has 3 N–H and O–H groups in total. The number of aromatic nitrogens is 7. The van der Waals surface area contributed by atoms with Crippen molar-refractivity contribution in [2.75, 3.05) is 5.32 Å². The second-order valence-corrected chi connectivity index (χ2v) is 7.92. The Morgan fingerprint density at radius 1 is 1.27 bits per heavy atom. The SMILES string of the molecule is [C-]#[N+]c1cc(C)c(NC(=O)c2cc(Cn3nnnc3C(F)(F)F)nn2-c2ncccc2Cl)c(C(N)=O)c1. The number of nitrogens with two attached hydrogens (primary N) is 1. The molecule has 3 aromatic heterocycles. The first-order valence-corrected chi connectivity index (χ1v) is 10.5. The number of alkyl halides is 3. The van der Waals surface area contributed by atoms with Gasteiger partial charge in [0.05, 0.1) is 35.1 Å². The van der Waals surface area contributed by atoms with E-state index >= 15 is 0 Å². The van der Waals surface area contributed by atoms with Crippen LogP contribution < -0.4 is 11.1 Å². The number of nitrogens with zero attached hydrogens (tertiary/aromatic N) is 8. The van der Waals surface area contributed by atoms with Gasteiger partial charge in [0.2, 0.25) is 5.91 Å². The number of nitrogens with one attached hydrogen (secondary N) is 1. The lowest BCUT2D eigenvalue weighted by molar-refractivity contribution is -0.147. The van der Waals surface area contributed by atoms with Crippen molar-refractivity contribution in [2.24, 2.45) is 5.73 Å². The molecule has 0 saturated carbocycles. The quantitative estimate of drug-likeness (QED) is 0.363. The summed E-state index contributed by atoms with van der Waals surface area (Å²) in [5, 5.41) is 16.3. The molecule has 0 unspecified atom stereocenters. The largest absolute Gasteiger partial charge is 0.453 e. The summed E-state index contributed by atoms with van der Waals surface area (Å²) in [6, 6.07) is 6.90. The molecule has 0 aliphatic rings. The van der Waals surface area contributed by atoms with E-state index in [-0.39, 0.29) is 39.2 Å². The number of hydrogen-bond donors (Lipinski definition) is 2. The van der Waals surface area contributed by atoms with Gasteiger partial charge in [0.1, 0.15) is 5.69 Å². The molecule has 2 amide bonds. The highest BCUT2D eigenvalue weighted by molar-refractivity contribution is 6.32. The Bertz CT molecular complexity index is 1570. The number of primary amides is 1. The maximum Gasteiger partial charge on any atom is 0.453 e. The van der Waals surface area contributed by atoms with E-state index in [0.29, 0.717) is 10.2 Å². The van der Waals surface area contributed by atoms with Crippen LogP contribution in [0.15, 0.2) is 36.5 Å². The first-order chi connectivity index (χ1) is 17.5. The van der Waals surface area contributed by atoms with Crippen LogP contribution in [0.25, 0.3) is 10.7 Å². The van der Waals surface area contributed by atoms with E-state index in [1.165, 1.54) is 36.5 Å². The minimum atomic E-state index is -4.82. The van der Waals surface area contributed by atoms with Crippen molar-refractivity contribution in [3.05, 3.63) is 81.3 Å². The minimum absolute atomic E-state index is 0.0172. The van der Waals surface area contributed by atoms with Gasteiger partial charge in [-0.15, -0.1) is 5.10 Å². The summed E-state index contributed by atoms with van der Waals surface area (Å²) in [7, 11) is 0. The predicted molar refractivity (Wildman–Crippen MR) is 122 cm³/mol. The maximum atomic E-state index is 13.4. The number of benzene rings is 1. The van der Waals surface area contributed by atoms with Crippen molar-refractivity contribution < 1.29 is 22.8 Å². The van der Waals surface area contributed by atoms with Gasteiger partial charge >= 0.3 is 6.18 Å². The second kappa shape index (κ2) is 9.66. The average Bonchev–Trinajstić information content (AvgIpc) is 3.47. The van der Waals surface area contributed by atoms with E-state index in [4.69, 9.17) is 23.9 Å². The van der Waals surface area contributed by atoms with E-state index in [1.807, 2.05) is 0 Å². The fourth-order valence-electron chi connectivity index (χ4n) is 3.40. The number of carbonyl (C=O) groups is 2. The molecule has 0 spiro atoms. The minimum Gasteiger partial charge on any atom is -0.366 e. The standard InChI is InChI=1S/C21H14ClF3N10O2/c1-10-6-11(27-2)7-13(17(26)36)16(10)29-19(37)15-8-12(9-34-20(21(23,24)25)30-32-33-34)31-35(15)18-14(22)4-3-5-28-18/h3-8H,9H2,1H3,(H2,26,36)(H,29,37). The zero-order valence-electron chi connectivity index (χ0n) is 18.7. The molecular weight excluding hydrogens is 517 g/mol. The van der Waals surface area contributed by atoms with Crippen LogP contribution in [0, 0.1) is 13.5 Å². The number of hydrogen-bond acceptors (Lipinski definition) is 7. The van der Waals surface area contributed by atoms with Crippen molar-refractivity contribution >= 4 is 34.8 Å². The fourth-order valence-corrected chi connectivity index (χ4v) is 3.60. The molecule has 188 valence electrons. The molecule has 0 aliphatic heterocycles. The fraction of sp³-hybridized carbons (Fsp3) is 0.143. The third-order valence-corrected chi connectivity index (χ3v) is 5.28. The molecule has 0 radical (unpaired) electrons. The van der Waals surface area contributed by atoms with E-state index < -0.39 is 30.4 Å². The predicted octanol–water partition coefficient (Wildman–Crippen LogP) is 3.18. The Morgan fingerprint density at radius 2 is 2.03 bits per heavy atom. The number of anilines is 1. The number of halogens is 4. The molecule has 0 atom stereocenters. The lowest BCUT2D eigenvalue weighted by Crippen LogP contribution is -2.21. The smallest absolute Gasteiger partial charge is 0.366 e. The Balaban J connectivity index is 1.79. The van der Waals surface area contributed by atoms with E-state index in [9.17, 15) is 22.8 Å². The topological polar surface area (TPSA) is 151 Å². The molecular formula is C21H14ClF3N10O2. The third kappa shape index (κ3) is 5.09. The van der Waals surface area contributed by atoms with Gasteiger partial charge in [-0.05, 0) is 47.2 Å². The number of pyridine rings is 1. The Morgan fingerprint density at radius 3 is 2.68 bits per heavy atom. The number of rotatable bonds is 6. The first kappa shape index (κ1) is 25.3. The van der Waals surface area contributed by atoms with Crippen molar-refractivity contribution in [2.45, 2.75) is 19.6 Å². The van der Waals surface area contributed by atoms with Crippen molar-refractivity contribution in [1.29, 1.82) is 0 Å². The van der Waals surface area contributed by atoms with E-state index in [1.54, 1.807) is 6.92 Å². The van der Waals surface area contributed by atoms with Crippen LogP contribution in [0.1, 0.15) is 37.9 Å². The van der Waals surface area contributed by atoms with Crippen LogP contribution in [0.3, 0.4) is 0 Å². The van der Waals surface area contributed by atoms with Gasteiger partial charge < -0.3 is 11.1 Å². The van der Waals surface area contributed by atoms with Crippen molar-refractivity contribution in [3.63, 3.8) is 0 Å². The molecule has 3 heterocycles. The summed E-state index contributed by atoms with van der Waals surface area (Å²) >= 11 is 6.23. The normalized spacial score (nSPS) is 11.2. The summed E-state index contributed by atoms with van der Waals surface area (Å²) in [5.74, 6) is -3.03. The molecule has 0 fully saturated rings. The lowest BCUT2D eigenvalue weighted by Gasteiger charge is -2.14. The summed E-state index contributed by atoms with van der Waals surface area (Å²) < 4.78 is 41.2. The van der Waals surface area contributed by atoms with Gasteiger partial charge in [-0.2, -0.15) is 18.3 Å². The Hall–Kier alpha value is -4.84. The van der Waals surface area contributed by atoms with Crippen LogP contribution in [-0.2, 0) is 12.7 Å². The van der Waals surface area contributed by atoms with Crippen molar-refractivity contribution in [1.82, 2.24) is 35.0 Å². The number of carbonyl (C=O) groups excluding carboxylic acids is 2. The molecule has 1 aromatic carbocycles. The van der Waals surface area contributed by atoms with E-state index in [2.05, 4.69) is 35.8 Å². The molecule has 0 aliphatic carbocycles. The average molecular weight is 531 g/mol. The molecule has 37 heavy (non-hydrogen) atoms. The molecule has 16 heteroatoms. The lowest BCUT2D eigenvalue weighted by atomic mass is 10.1. The number of amides is 2. The monoisotopic (exact) mass is 530 g/mol. The highest BCUT2D eigenvalue weighted by Gasteiger charge is 2.38. The summed E-state index contributed by atoms with van der Waals surface area (Å²) in [6.45, 7) is 8.20. The van der Waals surface area contributed by atoms with Crippen LogP contribution in [0.5, 0.6) is 0 Å². The Labute approximate surface area is 210 Å². The molecule has 0 bridgehead atoms. The van der Waals surface area contributed by atoms with Crippen LogP contribution in [0.4, 0.5) is 24.5 Å². The van der Waals surface area contributed by atoms with E-state index in [0.717, 1.165) is 4.68 Å². The summed E-state index contributed by atoms with van der Waals surface area (Å²) in [5.41, 5.74) is 5.69. The molecule has 4 rings (SSSR count). The second-order valence-electron chi connectivity index (χ2n) is 7.51. The highest BCUT2D eigenvalue weighted by Crippen LogP contribution is 2.29. The third-order valence-electron chi connectivity index (χ3n) is 4.98. The zero-order chi connectivity index (χ0) is 26.9. The zero-order valence-corrected chi connectivity index (χ0v) is 19.4. The van der Waals surface area contributed by atoms with Crippen LogP contribution in [0.2, 0.25) is 5.02 Å². The van der Waals surface area contributed by atoms with Gasteiger partial charge in [-0.1, -0.05) is 17.7 Å². The molecule has 4 aromatic rings. The summed E-state index contributed by atoms with van der Waals surface area (Å²) in [4.78, 5) is 32.7. The first-order valence-electron chi connectivity index (χ1n) is 10.2. The maximum absolute atomic E-state index is 13.4. The van der Waals surface area contributed by atoms with Gasteiger partial charge in [0, 0.05) is 6.20 Å². The molecule has 12 nitrogen and oxygen atoms in total. The summed E-state index contributed by atoms with van der Waals surface area (Å²) in [6.07, 6.45) is -3.44. The van der Waals surface area contributed by atoms with Gasteiger partial charge in [0.25, 0.3) is 11.7 Å². The van der Waals surface area contributed by atoms with Crippen LogP contribution >= 0.6 is 11.6 Å². The van der Waals surface area contributed by atoms with Gasteiger partial charge in [-0.3, -0.25) is 9.59 Å². The van der Waals surface area contributed by atoms with Crippen LogP contribution in [-0.4, -0.2) is 46.8 Å². The molecule has 0 saturated heterocycles. The number of tetrazole rings is 1. The highest BCUT2D eigenvalue weighted by atomic mass is 35.5. The van der Waals surface area contributed by atoms with Crippen molar-refractivity contribution in [3.8, 4) is 5.82 Å².